The number of esters is 1. The average Bonchev–Trinajstić information content (AvgIpc) is 3.47. The highest BCUT2D eigenvalue weighted by Crippen LogP contribution is 2.46. The zero-order valence-corrected chi connectivity index (χ0v) is 16.3. The lowest BCUT2D eigenvalue weighted by Crippen LogP contribution is -2.31. The Morgan fingerprint density at radius 2 is 2.14 bits per heavy atom. The van der Waals surface area contributed by atoms with Gasteiger partial charge in [-0.05, 0) is 32.3 Å². The largest absolute Gasteiger partial charge is 0.489 e. The summed E-state index contributed by atoms with van der Waals surface area (Å²) in [6.07, 6.45) is 4.96. The molecule has 2 aliphatic heterocycles. The van der Waals surface area contributed by atoms with Gasteiger partial charge in [-0.1, -0.05) is 0 Å². The van der Waals surface area contributed by atoms with Crippen LogP contribution in [-0.4, -0.2) is 42.4 Å². The molecule has 2 N–H and O–H groups in total. The molecule has 0 bridgehead atoms. The van der Waals surface area contributed by atoms with Crippen molar-refractivity contribution in [2.24, 2.45) is 5.73 Å². The molecule has 0 radical (unpaired) electrons. The number of carbonyl (C=O) groups is 1. The van der Waals surface area contributed by atoms with E-state index in [9.17, 15) is 9.59 Å². The van der Waals surface area contributed by atoms with Gasteiger partial charge in [-0.3, -0.25) is 4.79 Å². The molecule has 5 rings (SSSR count). The van der Waals surface area contributed by atoms with E-state index in [1.165, 1.54) is 6.07 Å². The van der Waals surface area contributed by atoms with Crippen molar-refractivity contribution in [1.29, 1.82) is 0 Å². The third-order valence-corrected chi connectivity index (χ3v) is 6.07. The van der Waals surface area contributed by atoms with E-state index >= 15 is 4.39 Å². The van der Waals surface area contributed by atoms with Crippen molar-refractivity contribution in [1.82, 2.24) is 4.57 Å². The number of benzene rings is 1. The normalized spacial score (nSPS) is 23.3. The predicted octanol–water partition coefficient (Wildman–Crippen LogP) is 2.34. The van der Waals surface area contributed by atoms with Crippen LogP contribution >= 0.6 is 0 Å². The summed E-state index contributed by atoms with van der Waals surface area (Å²) in [5.41, 5.74) is 6.49. The Balaban J connectivity index is 1.80. The first kappa shape index (κ1) is 18.4. The van der Waals surface area contributed by atoms with Gasteiger partial charge in [0.2, 0.25) is 5.43 Å². The average molecular weight is 401 g/mol. The highest BCUT2D eigenvalue weighted by atomic mass is 19.1. The number of fused-ring (bicyclic) bond motifs is 5. The topological polar surface area (TPSA) is 86.8 Å². The number of rotatable bonds is 3. The van der Waals surface area contributed by atoms with E-state index in [0.717, 1.165) is 25.7 Å². The van der Waals surface area contributed by atoms with Gasteiger partial charge in [0.1, 0.15) is 11.3 Å². The van der Waals surface area contributed by atoms with Crippen LogP contribution in [0.5, 0.6) is 5.75 Å². The Morgan fingerprint density at radius 1 is 1.34 bits per heavy atom. The van der Waals surface area contributed by atoms with Gasteiger partial charge < -0.3 is 24.7 Å². The van der Waals surface area contributed by atoms with Crippen LogP contribution in [0.4, 0.5) is 10.1 Å². The summed E-state index contributed by atoms with van der Waals surface area (Å²) < 4.78 is 28.3. The Hall–Kier alpha value is -2.61. The summed E-state index contributed by atoms with van der Waals surface area (Å²) in [5.74, 6) is -0.819. The Bertz CT molecular complexity index is 1060. The zero-order valence-electron chi connectivity index (χ0n) is 16.3. The van der Waals surface area contributed by atoms with Crippen molar-refractivity contribution in [2.45, 2.75) is 50.7 Å². The minimum atomic E-state index is -0.685. The van der Waals surface area contributed by atoms with Crippen LogP contribution in [0.25, 0.3) is 10.9 Å². The fourth-order valence-electron chi connectivity index (χ4n) is 4.64. The third kappa shape index (κ3) is 2.88. The van der Waals surface area contributed by atoms with Crippen molar-refractivity contribution in [3.63, 3.8) is 0 Å². The second kappa shape index (κ2) is 6.73. The van der Waals surface area contributed by atoms with Crippen LogP contribution in [0.15, 0.2) is 17.1 Å². The number of anilines is 1. The number of hydrogen-bond donors (Lipinski definition) is 1. The van der Waals surface area contributed by atoms with Crippen molar-refractivity contribution < 1.29 is 18.7 Å². The molecule has 8 heteroatoms. The Labute approximate surface area is 167 Å². The number of pyridine rings is 1. The number of ether oxygens (including phenoxy) is 2. The molecule has 1 saturated carbocycles. The van der Waals surface area contributed by atoms with Crippen molar-refractivity contribution >= 4 is 22.6 Å². The number of halogens is 1. The molecule has 2 atom stereocenters. The molecule has 1 aliphatic carbocycles. The van der Waals surface area contributed by atoms with E-state index in [4.69, 9.17) is 15.2 Å². The lowest BCUT2D eigenvalue weighted by Gasteiger charge is -2.26. The molecule has 0 spiro atoms. The minimum absolute atomic E-state index is 0.0159. The molecule has 0 unspecified atom stereocenters. The molecule has 1 aromatic heterocycles. The molecule has 1 aromatic carbocycles. The Kier molecular flexibility index (Phi) is 4.27. The second-order valence-electron chi connectivity index (χ2n) is 8.10. The molecule has 0 amide bonds. The maximum absolute atomic E-state index is 15.3. The summed E-state index contributed by atoms with van der Waals surface area (Å²) in [7, 11) is 0. The van der Waals surface area contributed by atoms with E-state index in [1.807, 2.05) is 9.47 Å². The fraction of sp³-hybridized carbons (Fsp3) is 0.524. The van der Waals surface area contributed by atoms with Crippen LogP contribution < -0.4 is 20.8 Å². The standard InChI is InChI=1S/C21H24FN3O4/c1-2-28-21(27)15-10-25(12-3-4-12)17-14(19(15)26)8-16(22)18-20(17)29-6-5-13-7-11(23)9-24(13)18/h8,10-13H,2-7,9,23H2,1H3/t11-,13-/m0/s1. The summed E-state index contributed by atoms with van der Waals surface area (Å²) >= 11 is 0. The molecule has 3 aliphatic rings. The SMILES string of the molecule is CCOC(=O)c1cn(C2CC2)c2c3c(c(F)cc2c1=O)N1C[C@@H](N)C[C@@H]1CCO3. The number of nitrogens with two attached hydrogens (primary N) is 1. The quantitative estimate of drug-likeness (QED) is 0.795. The maximum atomic E-state index is 15.3. The first-order valence-electron chi connectivity index (χ1n) is 10.2. The molecular weight excluding hydrogens is 377 g/mol. The third-order valence-electron chi connectivity index (χ3n) is 6.07. The summed E-state index contributed by atoms with van der Waals surface area (Å²) in [5, 5.41) is 0.153. The van der Waals surface area contributed by atoms with Crippen molar-refractivity contribution in [2.75, 3.05) is 24.7 Å². The summed E-state index contributed by atoms with van der Waals surface area (Å²) in [6, 6.07) is 1.51. The number of nitrogens with zero attached hydrogens (tertiary/aromatic N) is 2. The highest BCUT2D eigenvalue weighted by Gasteiger charge is 2.38. The van der Waals surface area contributed by atoms with Crippen LogP contribution in [0.1, 0.15) is 49.0 Å². The van der Waals surface area contributed by atoms with Crippen LogP contribution in [0, 0.1) is 5.82 Å². The Morgan fingerprint density at radius 3 is 2.86 bits per heavy atom. The van der Waals surface area contributed by atoms with Gasteiger partial charge in [-0.15, -0.1) is 0 Å². The van der Waals surface area contributed by atoms with Crippen LogP contribution in [0.3, 0.4) is 0 Å². The summed E-state index contributed by atoms with van der Waals surface area (Å²) in [4.78, 5) is 27.4. The molecular formula is C21H24FN3O4. The van der Waals surface area contributed by atoms with Gasteiger partial charge in [0.05, 0.1) is 24.1 Å². The lowest BCUT2D eigenvalue weighted by molar-refractivity contribution is 0.0524. The van der Waals surface area contributed by atoms with E-state index in [1.54, 1.807) is 13.1 Å². The second-order valence-corrected chi connectivity index (χ2v) is 8.10. The molecule has 154 valence electrons. The van der Waals surface area contributed by atoms with Gasteiger partial charge in [0.25, 0.3) is 0 Å². The zero-order chi connectivity index (χ0) is 20.3. The van der Waals surface area contributed by atoms with Gasteiger partial charge in [0, 0.05) is 37.3 Å². The first-order valence-corrected chi connectivity index (χ1v) is 10.2. The molecule has 29 heavy (non-hydrogen) atoms. The maximum Gasteiger partial charge on any atom is 0.343 e. The molecule has 7 nitrogen and oxygen atoms in total. The van der Waals surface area contributed by atoms with Crippen LogP contribution in [-0.2, 0) is 4.74 Å². The summed E-state index contributed by atoms with van der Waals surface area (Å²) in [6.45, 7) is 2.83. The number of aromatic nitrogens is 1. The molecule has 2 fully saturated rings. The highest BCUT2D eigenvalue weighted by molar-refractivity contribution is 5.98. The smallest absolute Gasteiger partial charge is 0.343 e. The van der Waals surface area contributed by atoms with Gasteiger partial charge in [0.15, 0.2) is 11.6 Å². The van der Waals surface area contributed by atoms with E-state index < -0.39 is 17.2 Å². The van der Waals surface area contributed by atoms with Gasteiger partial charge in [-0.2, -0.15) is 0 Å². The number of hydrogen-bond acceptors (Lipinski definition) is 6. The molecule has 1 saturated heterocycles. The number of carbonyl (C=O) groups excluding carboxylic acids is 1. The molecule has 3 heterocycles. The predicted molar refractivity (Wildman–Crippen MR) is 106 cm³/mol. The minimum Gasteiger partial charge on any atom is -0.489 e. The van der Waals surface area contributed by atoms with E-state index in [2.05, 4.69) is 0 Å². The fourth-order valence-corrected chi connectivity index (χ4v) is 4.64. The van der Waals surface area contributed by atoms with E-state index in [0.29, 0.717) is 30.1 Å². The van der Waals surface area contributed by atoms with Crippen molar-refractivity contribution in [3.05, 3.63) is 33.9 Å². The van der Waals surface area contributed by atoms with E-state index in [-0.39, 0.29) is 35.7 Å². The van der Waals surface area contributed by atoms with Crippen molar-refractivity contribution in [3.8, 4) is 5.75 Å². The lowest BCUT2D eigenvalue weighted by atomic mass is 10.1. The van der Waals surface area contributed by atoms with Gasteiger partial charge in [-0.25, -0.2) is 9.18 Å². The monoisotopic (exact) mass is 401 g/mol. The molecule has 2 aromatic rings. The van der Waals surface area contributed by atoms with Gasteiger partial charge >= 0.3 is 5.97 Å². The van der Waals surface area contributed by atoms with Crippen LogP contribution in [0.2, 0.25) is 0 Å². The first-order chi connectivity index (χ1) is 14.0.